The van der Waals surface area contributed by atoms with E-state index in [9.17, 15) is 14.0 Å². The number of allylic oxidation sites excluding steroid dienone is 1. The third-order valence-electron chi connectivity index (χ3n) is 8.23. The molecule has 0 unspecified atom stereocenters. The van der Waals surface area contributed by atoms with E-state index >= 15 is 0 Å². The Kier molecular flexibility index (Phi) is 6.61. The summed E-state index contributed by atoms with van der Waals surface area (Å²) in [4.78, 5) is 16.6. The van der Waals surface area contributed by atoms with Gasteiger partial charge in [0.05, 0.1) is 24.4 Å². The molecule has 1 N–H and O–H groups in total. The maximum Gasteiger partial charge on any atom is 0.141 e. The largest absolute Gasteiger partial charge is 0.375 e. The lowest BCUT2D eigenvalue weighted by atomic mass is 9.83. The number of hydrogen-bond donors (Lipinski definition) is 1. The van der Waals surface area contributed by atoms with Crippen molar-refractivity contribution in [1.82, 2.24) is 34.5 Å². The molecule has 0 saturated carbocycles. The Bertz CT molecular complexity index is 1540. The summed E-state index contributed by atoms with van der Waals surface area (Å²) in [5.74, 6) is -1.06. The van der Waals surface area contributed by atoms with Crippen LogP contribution < -0.4 is 0 Å². The quantitative estimate of drug-likeness (QED) is 0.359. The molecule has 8 nitrogen and oxygen atoms in total. The van der Waals surface area contributed by atoms with E-state index in [0.717, 1.165) is 73.1 Å². The van der Waals surface area contributed by atoms with Crippen LogP contribution in [0.3, 0.4) is 0 Å². The van der Waals surface area contributed by atoms with Crippen molar-refractivity contribution in [3.8, 4) is 17.3 Å². The Balaban J connectivity index is 1.05. The van der Waals surface area contributed by atoms with Gasteiger partial charge in [-0.05, 0) is 43.4 Å². The smallest absolute Gasteiger partial charge is 0.141 e. The van der Waals surface area contributed by atoms with Crippen molar-refractivity contribution in [2.45, 2.75) is 43.7 Å². The number of nitriles is 1. The summed E-state index contributed by atoms with van der Waals surface area (Å²) in [6.45, 7) is 7.57. The summed E-state index contributed by atoms with van der Waals surface area (Å²) in [7, 11) is 0. The third kappa shape index (κ3) is 4.79. The summed E-state index contributed by atoms with van der Waals surface area (Å²) in [5, 5.41) is 15.2. The summed E-state index contributed by atoms with van der Waals surface area (Å²) in [6.07, 6.45) is 10.8. The molecule has 0 atom stereocenters. The number of rotatable bonds is 8. The van der Waals surface area contributed by atoms with E-state index in [1.807, 2.05) is 29.3 Å². The molecular weight excluding hydrogens is 498 g/mol. The monoisotopic (exact) mass is 528 g/mol. The Morgan fingerprint density at radius 1 is 1.18 bits per heavy atom. The maximum atomic E-state index is 14.0. The van der Waals surface area contributed by atoms with Gasteiger partial charge in [-0.25, -0.2) is 18.7 Å². The number of aromatic nitrogens is 5. The predicted octanol–water partition coefficient (Wildman–Crippen LogP) is 4.64. The topological polar surface area (TPSA) is 89.7 Å². The van der Waals surface area contributed by atoms with Crippen molar-refractivity contribution in [2.24, 2.45) is 0 Å². The molecule has 2 saturated heterocycles. The first-order valence-corrected chi connectivity index (χ1v) is 13.3. The van der Waals surface area contributed by atoms with Crippen LogP contribution >= 0.6 is 0 Å². The van der Waals surface area contributed by atoms with Crippen molar-refractivity contribution >= 4 is 11.0 Å². The Morgan fingerprint density at radius 3 is 2.77 bits per heavy atom. The fourth-order valence-electron chi connectivity index (χ4n) is 5.97. The molecule has 200 valence electrons. The summed E-state index contributed by atoms with van der Waals surface area (Å²) >= 11 is 0. The lowest BCUT2D eigenvalue weighted by molar-refractivity contribution is -0.0409. The molecule has 6 rings (SSSR count). The second-order valence-corrected chi connectivity index (χ2v) is 10.6. The predicted molar refractivity (Wildman–Crippen MR) is 143 cm³/mol. The highest BCUT2D eigenvalue weighted by molar-refractivity contribution is 5.90. The fraction of sp³-hybridized carbons (Fsp3) is 0.379. The van der Waals surface area contributed by atoms with Crippen molar-refractivity contribution in [3.63, 3.8) is 0 Å². The molecule has 5 heterocycles. The van der Waals surface area contributed by atoms with E-state index in [4.69, 9.17) is 0 Å². The average molecular weight is 529 g/mol. The lowest BCUT2D eigenvalue weighted by Crippen LogP contribution is -2.66. The van der Waals surface area contributed by atoms with Crippen LogP contribution in [0.25, 0.3) is 22.3 Å². The molecule has 0 amide bonds. The van der Waals surface area contributed by atoms with E-state index in [-0.39, 0.29) is 5.54 Å². The SMILES string of the molecule is C=C(CCc1ccc(F)cc1F)N1CCC(N2CC(CC#N)(n3cc(-c4ncnc5[nH]ccc45)cn3)C2)CC1. The number of nitrogens with zero attached hydrogens (tertiary/aromatic N) is 7. The molecule has 2 fully saturated rings. The van der Waals surface area contributed by atoms with E-state index in [1.54, 1.807) is 6.33 Å². The first-order valence-electron chi connectivity index (χ1n) is 13.3. The fourth-order valence-corrected chi connectivity index (χ4v) is 5.97. The van der Waals surface area contributed by atoms with Crippen LogP contribution in [-0.4, -0.2) is 66.8 Å². The van der Waals surface area contributed by atoms with Gasteiger partial charge in [0.25, 0.3) is 0 Å². The van der Waals surface area contributed by atoms with Crippen LogP contribution in [0.1, 0.15) is 31.2 Å². The summed E-state index contributed by atoms with van der Waals surface area (Å²) in [6, 6.07) is 8.52. The molecular formula is C29H30F2N8. The molecule has 2 aliphatic heterocycles. The molecule has 3 aromatic heterocycles. The molecule has 1 aromatic carbocycles. The van der Waals surface area contributed by atoms with E-state index < -0.39 is 11.6 Å². The van der Waals surface area contributed by atoms with Gasteiger partial charge in [-0.2, -0.15) is 10.4 Å². The minimum Gasteiger partial charge on any atom is -0.375 e. The maximum absolute atomic E-state index is 14.0. The zero-order chi connectivity index (χ0) is 27.0. The van der Waals surface area contributed by atoms with Crippen LogP contribution in [0, 0.1) is 23.0 Å². The van der Waals surface area contributed by atoms with Crippen LogP contribution in [0.15, 0.2) is 61.5 Å². The number of H-pyrrole nitrogens is 1. The van der Waals surface area contributed by atoms with Crippen molar-refractivity contribution in [1.29, 1.82) is 5.26 Å². The van der Waals surface area contributed by atoms with E-state index in [0.29, 0.717) is 30.9 Å². The Hall–Kier alpha value is -4.10. The van der Waals surface area contributed by atoms with Crippen molar-refractivity contribution < 1.29 is 8.78 Å². The van der Waals surface area contributed by atoms with Gasteiger partial charge in [-0.15, -0.1) is 0 Å². The van der Waals surface area contributed by atoms with Crippen molar-refractivity contribution in [2.75, 3.05) is 26.2 Å². The number of fused-ring (bicyclic) bond motifs is 1. The molecule has 0 bridgehead atoms. The second-order valence-electron chi connectivity index (χ2n) is 10.6. The molecule has 2 aliphatic rings. The average Bonchev–Trinajstić information content (AvgIpc) is 3.60. The Labute approximate surface area is 225 Å². The molecule has 10 heteroatoms. The summed E-state index contributed by atoms with van der Waals surface area (Å²) in [5.41, 5.74) is 3.67. The van der Waals surface area contributed by atoms with Crippen LogP contribution in [0.5, 0.6) is 0 Å². The third-order valence-corrected chi connectivity index (χ3v) is 8.23. The summed E-state index contributed by atoms with van der Waals surface area (Å²) < 4.78 is 29.1. The van der Waals surface area contributed by atoms with Gasteiger partial charge in [-0.1, -0.05) is 12.6 Å². The molecule has 0 aliphatic carbocycles. The van der Waals surface area contributed by atoms with Gasteiger partial charge < -0.3 is 9.88 Å². The highest BCUT2D eigenvalue weighted by atomic mass is 19.1. The second kappa shape index (κ2) is 10.2. The van der Waals surface area contributed by atoms with Gasteiger partial charge in [0.15, 0.2) is 0 Å². The van der Waals surface area contributed by atoms with Gasteiger partial charge >= 0.3 is 0 Å². The number of piperidine rings is 1. The number of benzene rings is 1. The highest BCUT2D eigenvalue weighted by Gasteiger charge is 2.48. The first-order chi connectivity index (χ1) is 19.0. The van der Waals surface area contributed by atoms with Gasteiger partial charge in [-0.3, -0.25) is 9.58 Å². The number of aromatic amines is 1. The molecule has 39 heavy (non-hydrogen) atoms. The van der Waals surface area contributed by atoms with Gasteiger partial charge in [0.2, 0.25) is 0 Å². The zero-order valence-electron chi connectivity index (χ0n) is 21.7. The normalized spacial score (nSPS) is 17.7. The van der Waals surface area contributed by atoms with Gasteiger partial charge in [0, 0.05) is 67.3 Å². The minimum atomic E-state index is -0.557. The lowest BCUT2D eigenvalue weighted by Gasteiger charge is -2.54. The first kappa shape index (κ1) is 25.2. The standard InChI is InChI=1S/C29H30F2N8/c1-20(2-3-21-4-5-23(30)14-26(21)31)37-12-7-24(8-13-37)38-17-29(18-38,9-10-32)39-16-22(15-36-39)27-25-6-11-33-28(25)35-19-34-27/h4-6,11,14-16,19,24H,1-3,7-9,12-13,17-18H2,(H,33,34,35). The van der Waals surface area contributed by atoms with Gasteiger partial charge in [0.1, 0.15) is 29.1 Å². The zero-order valence-corrected chi connectivity index (χ0v) is 21.7. The number of hydrogen-bond acceptors (Lipinski definition) is 6. The number of halogens is 2. The number of nitrogens with one attached hydrogen (secondary N) is 1. The van der Waals surface area contributed by atoms with E-state index in [1.165, 1.54) is 12.1 Å². The van der Waals surface area contributed by atoms with E-state index in [2.05, 4.69) is 42.5 Å². The molecule has 0 radical (unpaired) electrons. The van der Waals surface area contributed by atoms with Crippen molar-refractivity contribution in [3.05, 3.63) is 78.7 Å². The van der Waals surface area contributed by atoms with Crippen LogP contribution in [-0.2, 0) is 12.0 Å². The molecule has 0 spiro atoms. The number of likely N-dealkylation sites (tertiary alicyclic amines) is 2. The minimum absolute atomic E-state index is 0.350. The number of aryl methyl sites for hydroxylation is 1. The van der Waals surface area contributed by atoms with Crippen LogP contribution in [0.4, 0.5) is 8.78 Å². The molecule has 4 aromatic rings. The van der Waals surface area contributed by atoms with Crippen LogP contribution in [0.2, 0.25) is 0 Å². The highest BCUT2D eigenvalue weighted by Crippen LogP contribution is 2.37. The Morgan fingerprint density at radius 2 is 2.00 bits per heavy atom.